The Balaban J connectivity index is 2.30. The van der Waals surface area contributed by atoms with Crippen LogP contribution in [0.15, 0.2) is 0 Å². The summed E-state index contributed by atoms with van der Waals surface area (Å²) in [7, 11) is 0. The third-order valence-corrected chi connectivity index (χ3v) is 2.41. The predicted octanol–water partition coefficient (Wildman–Crippen LogP) is 0.982. The summed E-state index contributed by atoms with van der Waals surface area (Å²) < 4.78 is 0. The summed E-state index contributed by atoms with van der Waals surface area (Å²) in [6.07, 6.45) is 3.07. The molecular formula is C10H20N2O. The number of rotatable bonds is 5. The monoisotopic (exact) mass is 184 g/mol. The molecule has 0 heterocycles. The standard InChI is InChI=1S/C10H20N2O/c1-3-12(7-9-4-5-9)10(13)6-8(2)11/h8-9H,3-7,11H2,1-2H3. The highest BCUT2D eigenvalue weighted by atomic mass is 16.2. The van der Waals surface area contributed by atoms with Crippen LogP contribution in [-0.2, 0) is 4.79 Å². The van der Waals surface area contributed by atoms with Gasteiger partial charge >= 0.3 is 0 Å². The molecular weight excluding hydrogens is 164 g/mol. The Labute approximate surface area is 80.3 Å². The van der Waals surface area contributed by atoms with Crippen molar-refractivity contribution in [2.75, 3.05) is 13.1 Å². The van der Waals surface area contributed by atoms with E-state index in [0.29, 0.717) is 6.42 Å². The summed E-state index contributed by atoms with van der Waals surface area (Å²) in [6, 6.07) is -0.0132. The van der Waals surface area contributed by atoms with E-state index in [9.17, 15) is 4.79 Å². The van der Waals surface area contributed by atoms with Crippen molar-refractivity contribution in [2.45, 2.75) is 39.2 Å². The smallest absolute Gasteiger partial charge is 0.224 e. The lowest BCUT2D eigenvalue weighted by Gasteiger charge is -2.21. The first-order chi connectivity index (χ1) is 6.13. The maximum absolute atomic E-state index is 11.6. The number of nitrogens with zero attached hydrogens (tertiary/aromatic N) is 1. The highest BCUT2D eigenvalue weighted by molar-refractivity contribution is 5.76. The van der Waals surface area contributed by atoms with Gasteiger partial charge in [-0.05, 0) is 32.6 Å². The van der Waals surface area contributed by atoms with Crippen molar-refractivity contribution in [1.82, 2.24) is 4.90 Å². The summed E-state index contributed by atoms with van der Waals surface area (Å²) in [5.74, 6) is 0.987. The van der Waals surface area contributed by atoms with Crippen LogP contribution < -0.4 is 5.73 Å². The fraction of sp³-hybridized carbons (Fsp3) is 0.900. The number of amides is 1. The van der Waals surface area contributed by atoms with Crippen LogP contribution in [0.25, 0.3) is 0 Å². The molecule has 1 aliphatic carbocycles. The van der Waals surface area contributed by atoms with Gasteiger partial charge in [-0.25, -0.2) is 0 Å². The lowest BCUT2D eigenvalue weighted by atomic mass is 10.2. The number of carbonyl (C=O) groups excluding carboxylic acids is 1. The first-order valence-electron chi connectivity index (χ1n) is 5.16. The zero-order valence-corrected chi connectivity index (χ0v) is 8.62. The van der Waals surface area contributed by atoms with Gasteiger partial charge in [-0.15, -0.1) is 0 Å². The number of hydrogen-bond donors (Lipinski definition) is 1. The van der Waals surface area contributed by atoms with Crippen LogP contribution in [0.5, 0.6) is 0 Å². The quantitative estimate of drug-likeness (QED) is 0.692. The molecule has 0 bridgehead atoms. The van der Waals surface area contributed by atoms with Crippen LogP contribution in [0.4, 0.5) is 0 Å². The minimum Gasteiger partial charge on any atom is -0.343 e. The molecule has 1 aliphatic rings. The number of nitrogens with two attached hydrogens (primary N) is 1. The van der Waals surface area contributed by atoms with Crippen molar-refractivity contribution in [3.63, 3.8) is 0 Å². The molecule has 1 saturated carbocycles. The summed E-state index contributed by atoms with van der Waals surface area (Å²) >= 11 is 0. The molecule has 2 N–H and O–H groups in total. The van der Waals surface area contributed by atoms with Gasteiger partial charge in [0.05, 0.1) is 0 Å². The highest BCUT2D eigenvalue weighted by Crippen LogP contribution is 2.29. The molecule has 1 amide bonds. The minimum atomic E-state index is -0.0132. The normalized spacial score (nSPS) is 18.4. The molecule has 0 saturated heterocycles. The van der Waals surface area contributed by atoms with Crippen molar-refractivity contribution >= 4 is 5.91 Å². The third-order valence-electron chi connectivity index (χ3n) is 2.41. The van der Waals surface area contributed by atoms with Crippen molar-refractivity contribution in [3.05, 3.63) is 0 Å². The van der Waals surface area contributed by atoms with Crippen LogP contribution in [0.1, 0.15) is 33.1 Å². The third kappa shape index (κ3) is 3.77. The first kappa shape index (κ1) is 10.5. The zero-order chi connectivity index (χ0) is 9.84. The van der Waals surface area contributed by atoms with Gasteiger partial charge in [0.1, 0.15) is 0 Å². The van der Waals surface area contributed by atoms with Gasteiger partial charge in [0.25, 0.3) is 0 Å². The topological polar surface area (TPSA) is 46.3 Å². The fourth-order valence-corrected chi connectivity index (χ4v) is 1.42. The van der Waals surface area contributed by atoms with Crippen LogP contribution in [0.2, 0.25) is 0 Å². The van der Waals surface area contributed by atoms with Gasteiger partial charge in [0, 0.05) is 25.6 Å². The Morgan fingerprint density at radius 3 is 2.62 bits per heavy atom. The Hall–Kier alpha value is -0.570. The van der Waals surface area contributed by atoms with E-state index in [0.717, 1.165) is 19.0 Å². The SMILES string of the molecule is CCN(CC1CC1)C(=O)CC(C)N. The van der Waals surface area contributed by atoms with Gasteiger partial charge in [0.2, 0.25) is 5.91 Å². The molecule has 1 unspecified atom stereocenters. The minimum absolute atomic E-state index is 0.0132. The maximum Gasteiger partial charge on any atom is 0.224 e. The molecule has 76 valence electrons. The predicted molar refractivity (Wildman–Crippen MR) is 53.2 cm³/mol. The second-order valence-electron chi connectivity index (χ2n) is 4.06. The lowest BCUT2D eigenvalue weighted by Crippen LogP contribution is -2.36. The lowest BCUT2D eigenvalue weighted by molar-refractivity contribution is -0.131. The number of carbonyl (C=O) groups is 1. The van der Waals surface area contributed by atoms with E-state index < -0.39 is 0 Å². The Morgan fingerprint density at radius 2 is 2.23 bits per heavy atom. The van der Waals surface area contributed by atoms with E-state index in [-0.39, 0.29) is 11.9 Å². The second kappa shape index (κ2) is 4.61. The van der Waals surface area contributed by atoms with Crippen molar-refractivity contribution < 1.29 is 4.79 Å². The van der Waals surface area contributed by atoms with Crippen LogP contribution in [-0.4, -0.2) is 29.9 Å². The summed E-state index contributed by atoms with van der Waals surface area (Å²) in [5.41, 5.74) is 5.58. The van der Waals surface area contributed by atoms with E-state index in [1.807, 2.05) is 18.7 Å². The largest absolute Gasteiger partial charge is 0.343 e. The van der Waals surface area contributed by atoms with Gasteiger partial charge in [0.15, 0.2) is 0 Å². The van der Waals surface area contributed by atoms with E-state index in [2.05, 4.69) is 0 Å². The van der Waals surface area contributed by atoms with E-state index in [1.54, 1.807) is 0 Å². The average molecular weight is 184 g/mol. The molecule has 3 heteroatoms. The molecule has 1 fully saturated rings. The summed E-state index contributed by atoms with van der Waals surface area (Å²) in [6.45, 7) is 5.68. The average Bonchev–Trinajstić information content (AvgIpc) is 2.81. The Kier molecular flexibility index (Phi) is 3.72. The maximum atomic E-state index is 11.6. The van der Waals surface area contributed by atoms with Crippen LogP contribution in [0, 0.1) is 5.92 Å². The van der Waals surface area contributed by atoms with E-state index in [1.165, 1.54) is 12.8 Å². The molecule has 1 rings (SSSR count). The molecule has 3 nitrogen and oxygen atoms in total. The molecule has 1 atom stereocenters. The van der Waals surface area contributed by atoms with Gasteiger partial charge < -0.3 is 10.6 Å². The van der Waals surface area contributed by atoms with Gasteiger partial charge in [-0.2, -0.15) is 0 Å². The van der Waals surface area contributed by atoms with E-state index in [4.69, 9.17) is 5.73 Å². The van der Waals surface area contributed by atoms with Gasteiger partial charge in [-0.1, -0.05) is 0 Å². The van der Waals surface area contributed by atoms with Crippen LogP contribution >= 0.6 is 0 Å². The van der Waals surface area contributed by atoms with Gasteiger partial charge in [-0.3, -0.25) is 4.79 Å². The van der Waals surface area contributed by atoms with Crippen molar-refractivity contribution in [3.8, 4) is 0 Å². The molecule has 0 aromatic carbocycles. The Morgan fingerprint density at radius 1 is 1.62 bits per heavy atom. The highest BCUT2D eigenvalue weighted by Gasteiger charge is 2.25. The molecule has 13 heavy (non-hydrogen) atoms. The molecule has 0 spiro atoms. The van der Waals surface area contributed by atoms with Crippen molar-refractivity contribution in [2.24, 2.45) is 11.7 Å². The Bertz CT molecular complexity index is 176. The molecule has 0 radical (unpaired) electrons. The number of hydrogen-bond acceptors (Lipinski definition) is 2. The molecule has 0 aliphatic heterocycles. The van der Waals surface area contributed by atoms with E-state index >= 15 is 0 Å². The summed E-state index contributed by atoms with van der Waals surface area (Å²) in [5, 5.41) is 0. The molecule has 0 aromatic rings. The first-order valence-corrected chi connectivity index (χ1v) is 5.16. The zero-order valence-electron chi connectivity index (χ0n) is 8.62. The van der Waals surface area contributed by atoms with Crippen molar-refractivity contribution in [1.29, 1.82) is 0 Å². The molecule has 0 aromatic heterocycles. The second-order valence-corrected chi connectivity index (χ2v) is 4.06. The van der Waals surface area contributed by atoms with Crippen LogP contribution in [0.3, 0.4) is 0 Å². The summed E-state index contributed by atoms with van der Waals surface area (Å²) in [4.78, 5) is 13.5. The fourth-order valence-electron chi connectivity index (χ4n) is 1.42.